The number of halogens is 1. The van der Waals surface area contributed by atoms with E-state index in [1.54, 1.807) is 0 Å². The van der Waals surface area contributed by atoms with E-state index in [4.69, 9.17) is 16.3 Å². The van der Waals surface area contributed by atoms with Crippen LogP contribution in [0.15, 0.2) is 24.3 Å². The summed E-state index contributed by atoms with van der Waals surface area (Å²) in [6.45, 7) is 5.21. The van der Waals surface area contributed by atoms with E-state index < -0.39 is 0 Å². The summed E-state index contributed by atoms with van der Waals surface area (Å²) in [5, 5.41) is 4.02. The molecule has 0 radical (unpaired) electrons. The fourth-order valence-corrected chi connectivity index (χ4v) is 2.02. The molecule has 0 heterocycles. The van der Waals surface area contributed by atoms with E-state index in [0.29, 0.717) is 17.7 Å². The van der Waals surface area contributed by atoms with Gasteiger partial charge < -0.3 is 10.1 Å². The molecule has 1 rings (SSSR count). The normalized spacial score (nSPS) is 12.7. The van der Waals surface area contributed by atoms with E-state index in [1.807, 2.05) is 31.3 Å². The molecular weight excluding hydrogens is 246 g/mol. The number of hydrogen-bond acceptors (Lipinski definition) is 2. The molecular formula is C15H24ClNO. The molecule has 18 heavy (non-hydrogen) atoms. The molecule has 0 aliphatic heterocycles. The Morgan fingerprint density at radius 1 is 1.28 bits per heavy atom. The zero-order valence-corrected chi connectivity index (χ0v) is 12.3. The molecule has 0 saturated carbocycles. The van der Waals surface area contributed by atoms with Crippen LogP contribution in [0.25, 0.3) is 0 Å². The number of nitrogens with one attached hydrogen (secondary N) is 1. The molecule has 0 bridgehead atoms. The smallest absolute Gasteiger partial charge is 0.120 e. The van der Waals surface area contributed by atoms with E-state index in [2.05, 4.69) is 19.2 Å². The molecule has 0 aliphatic carbocycles. The van der Waals surface area contributed by atoms with Crippen LogP contribution in [0, 0.1) is 5.92 Å². The van der Waals surface area contributed by atoms with Crippen LogP contribution in [-0.2, 0) is 0 Å². The predicted octanol–water partition coefficient (Wildman–Crippen LogP) is 4.13. The second-order valence-corrected chi connectivity index (χ2v) is 5.52. The van der Waals surface area contributed by atoms with Gasteiger partial charge >= 0.3 is 0 Å². The molecule has 2 nitrogen and oxygen atoms in total. The Morgan fingerprint density at radius 2 is 2.06 bits per heavy atom. The van der Waals surface area contributed by atoms with E-state index in [0.717, 1.165) is 18.1 Å². The highest BCUT2D eigenvalue weighted by Gasteiger charge is 2.07. The van der Waals surface area contributed by atoms with Crippen LogP contribution >= 0.6 is 11.6 Å². The van der Waals surface area contributed by atoms with Crippen LogP contribution in [0.4, 0.5) is 0 Å². The van der Waals surface area contributed by atoms with Crippen molar-refractivity contribution in [1.82, 2.24) is 5.32 Å². The summed E-state index contributed by atoms with van der Waals surface area (Å²) in [7, 11) is 1.99. The minimum atomic E-state index is 0.405. The molecule has 0 fully saturated rings. The predicted molar refractivity (Wildman–Crippen MR) is 78.5 cm³/mol. The number of hydrogen-bond donors (Lipinski definition) is 1. The SMILES string of the molecule is CNC(CCCC(C)C)COc1cccc(Cl)c1. The molecule has 1 aromatic carbocycles. The maximum Gasteiger partial charge on any atom is 0.120 e. The number of rotatable bonds is 8. The van der Waals surface area contributed by atoms with E-state index in [1.165, 1.54) is 12.8 Å². The average molecular weight is 270 g/mol. The van der Waals surface area contributed by atoms with Crippen molar-refractivity contribution < 1.29 is 4.74 Å². The van der Waals surface area contributed by atoms with Gasteiger partial charge in [-0.15, -0.1) is 0 Å². The topological polar surface area (TPSA) is 21.3 Å². The minimum Gasteiger partial charge on any atom is -0.492 e. The van der Waals surface area contributed by atoms with Gasteiger partial charge in [0.2, 0.25) is 0 Å². The summed E-state index contributed by atoms with van der Waals surface area (Å²) in [6, 6.07) is 7.95. The van der Waals surface area contributed by atoms with Gasteiger partial charge in [0.05, 0.1) is 0 Å². The fraction of sp³-hybridized carbons (Fsp3) is 0.600. The van der Waals surface area contributed by atoms with E-state index >= 15 is 0 Å². The van der Waals surface area contributed by atoms with Gasteiger partial charge in [-0.2, -0.15) is 0 Å². The van der Waals surface area contributed by atoms with Gasteiger partial charge in [-0.3, -0.25) is 0 Å². The molecule has 1 aromatic rings. The van der Waals surface area contributed by atoms with Crippen LogP contribution in [0.5, 0.6) is 5.75 Å². The van der Waals surface area contributed by atoms with Gasteiger partial charge in [-0.25, -0.2) is 0 Å². The van der Waals surface area contributed by atoms with E-state index in [9.17, 15) is 0 Å². The van der Waals surface area contributed by atoms with Crippen molar-refractivity contribution in [2.45, 2.75) is 39.2 Å². The van der Waals surface area contributed by atoms with Crippen molar-refractivity contribution in [3.63, 3.8) is 0 Å². The first-order valence-corrected chi connectivity index (χ1v) is 7.05. The van der Waals surface area contributed by atoms with Gasteiger partial charge in [0, 0.05) is 11.1 Å². The summed E-state index contributed by atoms with van der Waals surface area (Å²) in [5.74, 6) is 1.61. The Hall–Kier alpha value is -0.730. The minimum absolute atomic E-state index is 0.405. The first-order chi connectivity index (χ1) is 8.61. The second kappa shape index (κ2) is 8.39. The maximum atomic E-state index is 5.92. The first kappa shape index (κ1) is 15.3. The Labute approximate surface area is 116 Å². The Balaban J connectivity index is 2.30. The Bertz CT molecular complexity index is 341. The molecule has 0 saturated heterocycles. The zero-order chi connectivity index (χ0) is 13.4. The molecule has 0 aliphatic rings. The van der Waals surface area contributed by atoms with E-state index in [-0.39, 0.29) is 0 Å². The van der Waals surface area contributed by atoms with Crippen LogP contribution in [0.1, 0.15) is 33.1 Å². The van der Waals surface area contributed by atoms with Crippen molar-refractivity contribution in [2.75, 3.05) is 13.7 Å². The van der Waals surface area contributed by atoms with Crippen molar-refractivity contribution in [3.05, 3.63) is 29.3 Å². The lowest BCUT2D eigenvalue weighted by Crippen LogP contribution is -2.31. The van der Waals surface area contributed by atoms with Crippen LogP contribution in [-0.4, -0.2) is 19.7 Å². The Kier molecular flexibility index (Phi) is 7.14. The largest absolute Gasteiger partial charge is 0.492 e. The summed E-state index contributed by atoms with van der Waals surface area (Å²) in [5.41, 5.74) is 0. The molecule has 1 atom stereocenters. The molecule has 3 heteroatoms. The number of likely N-dealkylation sites (N-methyl/N-ethyl adjacent to an activating group) is 1. The average Bonchev–Trinajstić information content (AvgIpc) is 2.33. The van der Waals surface area contributed by atoms with Gasteiger partial charge in [0.1, 0.15) is 12.4 Å². The van der Waals surface area contributed by atoms with Crippen molar-refractivity contribution in [1.29, 1.82) is 0 Å². The lowest BCUT2D eigenvalue weighted by atomic mass is 10.0. The number of benzene rings is 1. The maximum absolute atomic E-state index is 5.92. The molecule has 0 amide bonds. The molecule has 1 unspecified atom stereocenters. The van der Waals surface area contributed by atoms with Gasteiger partial charge in [0.25, 0.3) is 0 Å². The third kappa shape index (κ3) is 6.27. The van der Waals surface area contributed by atoms with Gasteiger partial charge in [-0.1, -0.05) is 44.4 Å². The molecule has 0 spiro atoms. The third-order valence-corrected chi connectivity index (χ3v) is 3.22. The monoisotopic (exact) mass is 269 g/mol. The molecule has 102 valence electrons. The summed E-state index contributed by atoms with van der Waals surface area (Å²) in [6.07, 6.45) is 3.66. The third-order valence-electron chi connectivity index (χ3n) is 2.99. The van der Waals surface area contributed by atoms with Gasteiger partial charge in [-0.05, 0) is 37.6 Å². The zero-order valence-electron chi connectivity index (χ0n) is 11.6. The van der Waals surface area contributed by atoms with Crippen molar-refractivity contribution in [3.8, 4) is 5.75 Å². The lowest BCUT2D eigenvalue weighted by molar-refractivity contribution is 0.259. The second-order valence-electron chi connectivity index (χ2n) is 5.08. The quantitative estimate of drug-likeness (QED) is 0.766. The number of ether oxygens (including phenoxy) is 1. The van der Waals surface area contributed by atoms with Crippen LogP contribution in [0.3, 0.4) is 0 Å². The fourth-order valence-electron chi connectivity index (χ4n) is 1.84. The highest BCUT2D eigenvalue weighted by molar-refractivity contribution is 6.30. The van der Waals surface area contributed by atoms with Crippen molar-refractivity contribution >= 4 is 11.6 Å². The van der Waals surface area contributed by atoms with Crippen LogP contribution < -0.4 is 10.1 Å². The Morgan fingerprint density at radius 3 is 2.67 bits per heavy atom. The standard InChI is InChI=1S/C15H24ClNO/c1-12(2)6-4-8-14(17-3)11-18-15-9-5-7-13(16)10-15/h5,7,9-10,12,14,17H,4,6,8,11H2,1-3H3. The highest BCUT2D eigenvalue weighted by atomic mass is 35.5. The summed E-state index contributed by atoms with van der Waals surface area (Å²) >= 11 is 5.92. The lowest BCUT2D eigenvalue weighted by Gasteiger charge is -2.17. The summed E-state index contributed by atoms with van der Waals surface area (Å²) in [4.78, 5) is 0. The van der Waals surface area contributed by atoms with Crippen molar-refractivity contribution in [2.24, 2.45) is 5.92 Å². The first-order valence-electron chi connectivity index (χ1n) is 6.67. The molecule has 1 N–H and O–H groups in total. The highest BCUT2D eigenvalue weighted by Crippen LogP contribution is 2.17. The molecule has 0 aromatic heterocycles. The van der Waals surface area contributed by atoms with Gasteiger partial charge in [0.15, 0.2) is 0 Å². The summed E-state index contributed by atoms with van der Waals surface area (Å²) < 4.78 is 5.75. The van der Waals surface area contributed by atoms with Crippen LogP contribution in [0.2, 0.25) is 5.02 Å².